The van der Waals surface area contributed by atoms with E-state index in [9.17, 15) is 4.79 Å². The number of methoxy groups -OCH3 is 1. The van der Waals surface area contributed by atoms with Gasteiger partial charge < -0.3 is 20.3 Å². The van der Waals surface area contributed by atoms with Crippen LogP contribution in [0.3, 0.4) is 0 Å². The summed E-state index contributed by atoms with van der Waals surface area (Å²) in [5.74, 6) is 1.63. The Morgan fingerprint density at radius 2 is 1.72 bits per heavy atom. The summed E-state index contributed by atoms with van der Waals surface area (Å²) in [5, 5.41) is 8.30. The second kappa shape index (κ2) is 14.2. The van der Waals surface area contributed by atoms with Gasteiger partial charge in [0, 0.05) is 81.8 Å². The summed E-state index contributed by atoms with van der Waals surface area (Å²) in [7, 11) is 1.66. The molecule has 12 nitrogen and oxygen atoms in total. The standard InChI is InChI=1S/C35H45N9O3/c1-3-35(45)40-29-21-30(39-33-23-34(38-24-37-33)44-28(11-19-47-44)20-25-6-4-5-12-36-25)32(46-2)22-31(29)43-13-9-27(10-14-43)42-17-15-41(16-18-42)26-7-8-26/h3-6,12,21-24,26-28H,1,7-11,13-20H2,2H3,(H,40,45)(H,37,38,39)/t28-/m0/s1. The zero-order valence-corrected chi connectivity index (χ0v) is 27.2. The predicted octanol–water partition coefficient (Wildman–Crippen LogP) is 4.25. The minimum absolute atomic E-state index is 0.110. The molecule has 0 spiro atoms. The summed E-state index contributed by atoms with van der Waals surface area (Å²) in [4.78, 5) is 39.8. The van der Waals surface area contributed by atoms with Crippen molar-refractivity contribution >= 4 is 34.6 Å². The molecule has 2 N–H and O–H groups in total. The molecule has 1 atom stereocenters. The molecule has 1 amide bonds. The number of amides is 1. The fourth-order valence-corrected chi connectivity index (χ4v) is 7.14. The fraction of sp³-hybridized carbons (Fsp3) is 0.486. The summed E-state index contributed by atoms with van der Waals surface area (Å²) >= 11 is 0. The number of hydrogen-bond acceptors (Lipinski definition) is 11. The lowest BCUT2D eigenvalue weighted by atomic mass is 10.0. The molecule has 3 saturated heterocycles. The molecule has 0 radical (unpaired) electrons. The number of nitrogens with one attached hydrogen (secondary N) is 2. The van der Waals surface area contributed by atoms with Crippen LogP contribution in [0.2, 0.25) is 0 Å². The molecule has 4 fully saturated rings. The Hall–Kier alpha value is -4.26. The lowest BCUT2D eigenvalue weighted by Gasteiger charge is -2.43. The number of rotatable bonds is 11. The molecule has 248 valence electrons. The normalized spacial score (nSPS) is 21.1. The van der Waals surface area contributed by atoms with Crippen LogP contribution in [0, 0.1) is 0 Å². The summed E-state index contributed by atoms with van der Waals surface area (Å²) in [6.45, 7) is 10.8. The van der Waals surface area contributed by atoms with Crippen molar-refractivity contribution in [2.75, 3.05) is 73.6 Å². The molecule has 1 aromatic carbocycles. The number of piperidine rings is 1. The molecule has 3 aromatic rings. The molecule has 1 aliphatic carbocycles. The number of pyridine rings is 1. The third-order valence-corrected chi connectivity index (χ3v) is 9.82. The average Bonchev–Trinajstić information content (AvgIpc) is 3.87. The number of aromatic nitrogens is 3. The first-order chi connectivity index (χ1) is 23.1. The highest BCUT2D eigenvalue weighted by atomic mass is 16.7. The molecule has 3 aliphatic heterocycles. The van der Waals surface area contributed by atoms with Crippen molar-refractivity contribution in [1.29, 1.82) is 0 Å². The number of benzene rings is 1. The summed E-state index contributed by atoms with van der Waals surface area (Å²) < 4.78 is 5.88. The molecular formula is C35H45N9O3. The van der Waals surface area contributed by atoms with E-state index in [1.807, 2.05) is 47.7 Å². The van der Waals surface area contributed by atoms with Crippen molar-refractivity contribution in [3.8, 4) is 5.75 Å². The lowest BCUT2D eigenvalue weighted by molar-refractivity contribution is -0.111. The maximum absolute atomic E-state index is 12.6. The largest absolute Gasteiger partial charge is 0.494 e. The fourth-order valence-electron chi connectivity index (χ4n) is 7.14. The Balaban J connectivity index is 1.06. The van der Waals surface area contributed by atoms with Crippen LogP contribution in [-0.4, -0.2) is 102 Å². The van der Waals surface area contributed by atoms with Gasteiger partial charge in [0.2, 0.25) is 5.91 Å². The van der Waals surface area contributed by atoms with Crippen LogP contribution in [0.4, 0.5) is 28.7 Å². The molecule has 0 bridgehead atoms. The molecule has 5 heterocycles. The zero-order valence-electron chi connectivity index (χ0n) is 27.2. The van der Waals surface area contributed by atoms with Crippen molar-refractivity contribution in [3.05, 3.63) is 67.3 Å². The highest BCUT2D eigenvalue weighted by molar-refractivity contribution is 6.02. The number of hydroxylamine groups is 1. The van der Waals surface area contributed by atoms with Gasteiger partial charge in [-0.05, 0) is 56.4 Å². The van der Waals surface area contributed by atoms with Crippen LogP contribution in [0.25, 0.3) is 0 Å². The minimum Gasteiger partial charge on any atom is -0.494 e. The number of nitrogens with zero attached hydrogens (tertiary/aromatic N) is 7. The van der Waals surface area contributed by atoms with Crippen molar-refractivity contribution in [2.45, 2.75) is 56.7 Å². The number of hydrogen-bond donors (Lipinski definition) is 2. The smallest absolute Gasteiger partial charge is 0.247 e. The SMILES string of the molecule is C=CC(=O)Nc1cc(Nc2cc(N3OCC[C@H]3Cc3ccccn3)ncn2)c(OC)cc1N1CCC(N2CCN(C3CC3)CC2)CC1. The van der Waals surface area contributed by atoms with E-state index in [0.717, 1.165) is 69.3 Å². The van der Waals surface area contributed by atoms with Crippen LogP contribution in [0.15, 0.2) is 61.6 Å². The number of ether oxygens (including phenoxy) is 1. The van der Waals surface area contributed by atoms with Gasteiger partial charge in [-0.25, -0.2) is 15.0 Å². The van der Waals surface area contributed by atoms with E-state index in [0.29, 0.717) is 41.4 Å². The molecule has 2 aromatic heterocycles. The summed E-state index contributed by atoms with van der Waals surface area (Å²) in [5.41, 5.74) is 3.32. The van der Waals surface area contributed by atoms with Crippen LogP contribution >= 0.6 is 0 Å². The van der Waals surface area contributed by atoms with Crippen molar-refractivity contribution in [3.63, 3.8) is 0 Å². The Kier molecular flexibility index (Phi) is 9.50. The van der Waals surface area contributed by atoms with Gasteiger partial charge in [0.25, 0.3) is 0 Å². The van der Waals surface area contributed by atoms with Gasteiger partial charge in [0.1, 0.15) is 17.9 Å². The molecule has 1 saturated carbocycles. The average molecular weight is 640 g/mol. The molecule has 7 rings (SSSR count). The van der Waals surface area contributed by atoms with Gasteiger partial charge in [0.05, 0.1) is 36.8 Å². The molecule has 4 aliphatic rings. The Labute approximate surface area is 276 Å². The van der Waals surface area contributed by atoms with Crippen molar-refractivity contribution in [2.24, 2.45) is 0 Å². The molecule has 12 heteroatoms. The third kappa shape index (κ3) is 7.34. The second-order valence-electron chi connectivity index (χ2n) is 12.8. The summed E-state index contributed by atoms with van der Waals surface area (Å²) in [6.07, 6.45) is 11.2. The molecule has 47 heavy (non-hydrogen) atoms. The number of carbonyl (C=O) groups excluding carboxylic acids is 1. The van der Waals surface area contributed by atoms with Crippen molar-refractivity contribution in [1.82, 2.24) is 24.8 Å². The van der Waals surface area contributed by atoms with E-state index in [-0.39, 0.29) is 11.9 Å². The molecular weight excluding hydrogens is 594 g/mol. The lowest BCUT2D eigenvalue weighted by Crippen LogP contribution is -2.53. The maximum Gasteiger partial charge on any atom is 0.247 e. The Morgan fingerprint density at radius 3 is 2.40 bits per heavy atom. The first kappa shape index (κ1) is 31.3. The van der Waals surface area contributed by atoms with Gasteiger partial charge >= 0.3 is 0 Å². The van der Waals surface area contributed by atoms with Crippen LogP contribution < -0.4 is 25.3 Å². The first-order valence-electron chi connectivity index (χ1n) is 16.9. The van der Waals surface area contributed by atoms with Gasteiger partial charge in [-0.3, -0.25) is 24.4 Å². The third-order valence-electron chi connectivity index (χ3n) is 9.82. The van der Waals surface area contributed by atoms with Crippen molar-refractivity contribution < 1.29 is 14.4 Å². The quantitative estimate of drug-likeness (QED) is 0.294. The van der Waals surface area contributed by atoms with E-state index in [4.69, 9.17) is 9.57 Å². The van der Waals surface area contributed by atoms with Crippen LogP contribution in [0.1, 0.15) is 37.8 Å². The summed E-state index contributed by atoms with van der Waals surface area (Å²) in [6, 6.07) is 13.3. The van der Waals surface area contributed by atoms with E-state index in [2.05, 4.69) is 46.9 Å². The zero-order chi connectivity index (χ0) is 32.2. The first-order valence-corrected chi connectivity index (χ1v) is 16.9. The number of carbonyl (C=O) groups is 1. The van der Waals surface area contributed by atoms with E-state index in [1.165, 1.54) is 38.3 Å². The van der Waals surface area contributed by atoms with E-state index in [1.54, 1.807) is 7.11 Å². The Morgan fingerprint density at radius 1 is 0.957 bits per heavy atom. The van der Waals surface area contributed by atoms with E-state index >= 15 is 0 Å². The molecule has 0 unspecified atom stereocenters. The monoisotopic (exact) mass is 639 g/mol. The van der Waals surface area contributed by atoms with Crippen LogP contribution in [-0.2, 0) is 16.1 Å². The van der Waals surface area contributed by atoms with Gasteiger partial charge in [-0.1, -0.05) is 12.6 Å². The highest BCUT2D eigenvalue weighted by Gasteiger charge is 2.34. The Bertz CT molecular complexity index is 1540. The maximum atomic E-state index is 12.6. The minimum atomic E-state index is -0.264. The van der Waals surface area contributed by atoms with Crippen LogP contribution in [0.5, 0.6) is 5.75 Å². The second-order valence-corrected chi connectivity index (χ2v) is 12.8. The predicted molar refractivity (Wildman–Crippen MR) is 183 cm³/mol. The van der Waals surface area contributed by atoms with E-state index < -0.39 is 0 Å². The number of piperazine rings is 1. The van der Waals surface area contributed by atoms with Gasteiger partial charge in [-0.15, -0.1) is 0 Å². The van der Waals surface area contributed by atoms with Gasteiger partial charge in [-0.2, -0.15) is 0 Å². The highest BCUT2D eigenvalue weighted by Crippen LogP contribution is 2.40. The topological polar surface area (TPSA) is 111 Å². The number of anilines is 5. The van der Waals surface area contributed by atoms with Gasteiger partial charge in [0.15, 0.2) is 5.82 Å².